The molecule has 1 N–H and O–H groups in total. The first-order chi connectivity index (χ1) is 18.0. The number of thioether (sulfide) groups is 1. The molecule has 0 bridgehead atoms. The molecule has 0 aliphatic heterocycles. The zero-order valence-corrected chi connectivity index (χ0v) is 23.2. The largest absolute Gasteiger partial charge is 0.495 e. The van der Waals surface area contributed by atoms with E-state index < -0.39 is 0 Å². The number of carbonyl (C=O) groups is 1. The molecule has 37 heavy (non-hydrogen) atoms. The molecule has 1 amide bonds. The van der Waals surface area contributed by atoms with Crippen molar-refractivity contribution in [2.45, 2.75) is 50.2 Å². The number of carbonyl (C=O) groups excluding carboxylic acids is 1. The number of benzene rings is 2. The number of amides is 1. The molecule has 10 heteroatoms. The van der Waals surface area contributed by atoms with Crippen molar-refractivity contribution >= 4 is 51.6 Å². The fourth-order valence-electron chi connectivity index (χ4n) is 4.73. The number of aryl methyl sites for hydroxylation is 1. The van der Waals surface area contributed by atoms with E-state index in [2.05, 4.69) is 5.32 Å². The third kappa shape index (κ3) is 5.23. The summed E-state index contributed by atoms with van der Waals surface area (Å²) in [6, 6.07) is 15.4. The van der Waals surface area contributed by atoms with E-state index in [1.807, 2.05) is 54.0 Å². The lowest BCUT2D eigenvalue weighted by molar-refractivity contribution is -0.119. The normalized spacial score (nSPS) is 14.1. The van der Waals surface area contributed by atoms with Crippen molar-refractivity contribution < 1.29 is 9.53 Å². The number of fused-ring (bicyclic) bond motifs is 1. The quantitative estimate of drug-likeness (QED) is 0.177. The van der Waals surface area contributed by atoms with Gasteiger partial charge in [-0.3, -0.25) is 18.7 Å². The number of para-hydroxylation sites is 3. The highest BCUT2D eigenvalue weighted by Gasteiger charge is 2.22. The minimum Gasteiger partial charge on any atom is -0.495 e. The summed E-state index contributed by atoms with van der Waals surface area (Å²) >= 11 is 8.19. The second kappa shape index (κ2) is 11.2. The predicted molar refractivity (Wildman–Crippen MR) is 152 cm³/mol. The molecule has 1 aliphatic carbocycles. The topological polar surface area (TPSA) is 78.2 Å². The molecular weight excluding hydrogens is 525 g/mol. The molecule has 0 atom stereocenters. The van der Waals surface area contributed by atoms with Crippen molar-refractivity contribution in [3.8, 4) is 17.1 Å². The van der Waals surface area contributed by atoms with Crippen LogP contribution in [0.1, 0.15) is 37.7 Å². The second-order valence-electron chi connectivity index (χ2n) is 9.04. The predicted octanol–water partition coefficient (Wildman–Crippen LogP) is 5.83. The standard InChI is InChI=1S/C27H28N4O3S3/c1-17-10-6-7-13-19(17)30-24-23(37-27(30)35)25(33)31(20-14-8-9-15-21(20)34-2)26(29-24)36-16-22(32)28-18-11-4-3-5-12-18/h6-10,13-15,18H,3-5,11-12,16H2,1-2H3,(H,28,32). The minimum atomic E-state index is -0.242. The van der Waals surface area contributed by atoms with Gasteiger partial charge in [-0.2, -0.15) is 0 Å². The Morgan fingerprint density at radius 3 is 2.54 bits per heavy atom. The number of hydrogen-bond donors (Lipinski definition) is 1. The first-order valence-electron chi connectivity index (χ1n) is 12.3. The Hall–Kier alpha value is -2.95. The van der Waals surface area contributed by atoms with Crippen LogP contribution in [0.2, 0.25) is 0 Å². The maximum absolute atomic E-state index is 14.0. The van der Waals surface area contributed by atoms with Crippen LogP contribution in [0, 0.1) is 10.9 Å². The van der Waals surface area contributed by atoms with E-state index in [1.165, 1.54) is 34.1 Å². The minimum absolute atomic E-state index is 0.0566. The number of aromatic nitrogens is 3. The molecule has 1 saturated carbocycles. The van der Waals surface area contributed by atoms with E-state index >= 15 is 0 Å². The Morgan fingerprint density at radius 1 is 1.11 bits per heavy atom. The Kier molecular flexibility index (Phi) is 7.78. The molecule has 2 heterocycles. The number of nitrogens with one attached hydrogen (secondary N) is 1. The Balaban J connectivity index is 1.62. The number of hydrogen-bond acceptors (Lipinski definition) is 7. The van der Waals surface area contributed by atoms with Crippen molar-refractivity contribution in [1.29, 1.82) is 0 Å². The van der Waals surface area contributed by atoms with Gasteiger partial charge in [-0.05, 0) is 55.7 Å². The molecule has 0 radical (unpaired) electrons. The molecule has 1 fully saturated rings. The highest BCUT2D eigenvalue weighted by atomic mass is 32.2. The monoisotopic (exact) mass is 552 g/mol. The fraction of sp³-hybridized carbons (Fsp3) is 0.333. The van der Waals surface area contributed by atoms with Crippen molar-refractivity contribution in [1.82, 2.24) is 19.4 Å². The van der Waals surface area contributed by atoms with Crippen LogP contribution in [-0.2, 0) is 4.79 Å². The zero-order valence-electron chi connectivity index (χ0n) is 20.7. The summed E-state index contributed by atoms with van der Waals surface area (Å²) < 4.78 is 9.94. The van der Waals surface area contributed by atoms with Crippen molar-refractivity contribution in [3.05, 3.63) is 68.4 Å². The molecule has 1 aliphatic rings. The third-order valence-corrected chi connectivity index (χ3v) is 8.85. The van der Waals surface area contributed by atoms with E-state index in [0.717, 1.165) is 36.9 Å². The van der Waals surface area contributed by atoms with Gasteiger partial charge in [-0.1, -0.05) is 72.7 Å². The van der Waals surface area contributed by atoms with Gasteiger partial charge < -0.3 is 10.1 Å². The summed E-state index contributed by atoms with van der Waals surface area (Å²) in [4.78, 5) is 31.8. The van der Waals surface area contributed by atoms with Gasteiger partial charge in [0.15, 0.2) is 14.8 Å². The van der Waals surface area contributed by atoms with Gasteiger partial charge >= 0.3 is 0 Å². The third-order valence-electron chi connectivity index (χ3n) is 6.56. The number of rotatable bonds is 7. The van der Waals surface area contributed by atoms with Crippen LogP contribution in [0.15, 0.2) is 58.5 Å². The summed E-state index contributed by atoms with van der Waals surface area (Å²) in [6.45, 7) is 2.00. The van der Waals surface area contributed by atoms with E-state index in [4.69, 9.17) is 21.9 Å². The zero-order chi connectivity index (χ0) is 25.9. The average molecular weight is 553 g/mol. The summed E-state index contributed by atoms with van der Waals surface area (Å²) in [7, 11) is 1.57. The van der Waals surface area contributed by atoms with Crippen LogP contribution in [-0.4, -0.2) is 38.9 Å². The lowest BCUT2D eigenvalue weighted by Crippen LogP contribution is -2.37. The molecule has 0 spiro atoms. The number of ether oxygens (including phenoxy) is 1. The summed E-state index contributed by atoms with van der Waals surface area (Å²) in [6.07, 6.45) is 5.54. The van der Waals surface area contributed by atoms with Crippen LogP contribution < -0.4 is 15.6 Å². The number of thiazole rings is 1. The van der Waals surface area contributed by atoms with Gasteiger partial charge in [0.1, 0.15) is 10.4 Å². The number of nitrogens with zero attached hydrogens (tertiary/aromatic N) is 3. The van der Waals surface area contributed by atoms with Gasteiger partial charge in [-0.15, -0.1) is 0 Å². The van der Waals surface area contributed by atoms with E-state index in [-0.39, 0.29) is 23.3 Å². The van der Waals surface area contributed by atoms with Crippen LogP contribution in [0.3, 0.4) is 0 Å². The van der Waals surface area contributed by atoms with Gasteiger partial charge in [0.2, 0.25) is 5.91 Å². The van der Waals surface area contributed by atoms with Crippen LogP contribution in [0.25, 0.3) is 21.7 Å². The molecule has 0 unspecified atom stereocenters. The van der Waals surface area contributed by atoms with Crippen LogP contribution >= 0.6 is 35.3 Å². The Morgan fingerprint density at radius 2 is 1.81 bits per heavy atom. The average Bonchev–Trinajstić information content (AvgIpc) is 3.24. The molecule has 4 aromatic rings. The lowest BCUT2D eigenvalue weighted by atomic mass is 9.95. The Bertz CT molecular complexity index is 1570. The molecule has 0 saturated heterocycles. The maximum Gasteiger partial charge on any atom is 0.278 e. The molecular formula is C27H28N4O3S3. The van der Waals surface area contributed by atoms with Gasteiger partial charge in [0.05, 0.1) is 24.2 Å². The van der Waals surface area contributed by atoms with Crippen molar-refractivity contribution in [2.24, 2.45) is 0 Å². The van der Waals surface area contributed by atoms with E-state index in [9.17, 15) is 9.59 Å². The van der Waals surface area contributed by atoms with Crippen LogP contribution in [0.5, 0.6) is 5.75 Å². The molecule has 192 valence electrons. The molecule has 2 aromatic heterocycles. The molecule has 2 aromatic carbocycles. The highest BCUT2D eigenvalue weighted by Crippen LogP contribution is 2.31. The molecule has 5 rings (SSSR count). The van der Waals surface area contributed by atoms with Crippen molar-refractivity contribution in [3.63, 3.8) is 0 Å². The summed E-state index contributed by atoms with van der Waals surface area (Å²) in [5, 5.41) is 3.56. The summed E-state index contributed by atoms with van der Waals surface area (Å²) in [5.41, 5.74) is 2.73. The van der Waals surface area contributed by atoms with Gasteiger partial charge in [-0.25, -0.2) is 4.98 Å². The number of methoxy groups -OCH3 is 1. The second-order valence-corrected chi connectivity index (χ2v) is 11.6. The van der Waals surface area contributed by atoms with Crippen molar-refractivity contribution in [2.75, 3.05) is 12.9 Å². The highest BCUT2D eigenvalue weighted by molar-refractivity contribution is 7.99. The summed E-state index contributed by atoms with van der Waals surface area (Å²) in [5.74, 6) is 0.638. The maximum atomic E-state index is 14.0. The van der Waals surface area contributed by atoms with Gasteiger partial charge in [0.25, 0.3) is 5.56 Å². The smallest absolute Gasteiger partial charge is 0.278 e. The van der Waals surface area contributed by atoms with E-state index in [0.29, 0.717) is 30.9 Å². The van der Waals surface area contributed by atoms with Crippen LogP contribution in [0.4, 0.5) is 0 Å². The lowest BCUT2D eigenvalue weighted by Gasteiger charge is -2.22. The van der Waals surface area contributed by atoms with Gasteiger partial charge in [0, 0.05) is 6.04 Å². The first-order valence-corrected chi connectivity index (χ1v) is 14.5. The fourth-order valence-corrected chi connectivity index (χ4v) is 6.83. The molecule has 7 nitrogen and oxygen atoms in total. The first kappa shape index (κ1) is 25.7. The Labute approximate surface area is 228 Å². The van der Waals surface area contributed by atoms with E-state index in [1.54, 1.807) is 13.2 Å². The SMILES string of the molecule is COc1ccccc1-n1c(SCC(=O)NC2CCCCC2)nc2c(sc(=S)n2-c2ccccc2C)c1=O.